The van der Waals surface area contributed by atoms with E-state index < -0.39 is 0 Å². The molecule has 1 aromatic carbocycles. The molecule has 2 heterocycles. The Hall–Kier alpha value is -2.21. The molecule has 1 aromatic heterocycles. The molecule has 1 saturated heterocycles. The quantitative estimate of drug-likeness (QED) is 0.853. The number of hydrogen-bond acceptors (Lipinski definition) is 4. The van der Waals surface area contributed by atoms with Crippen molar-refractivity contribution in [1.82, 2.24) is 24.8 Å². The van der Waals surface area contributed by atoms with Crippen LogP contribution in [-0.2, 0) is 24.8 Å². The largest absolute Gasteiger partial charge is 0.338 e. The highest BCUT2D eigenvalue weighted by Crippen LogP contribution is 2.15. The standard InChI is InChI=1S/C18H25N5O/c1-15-8-9-22(14-16-6-4-3-5-7-16)10-11-23(15)18(24)12-17-13-19-20-21(17)2/h3-7,13,15H,8-12,14H2,1-2H3. The van der Waals surface area contributed by atoms with Crippen molar-refractivity contribution >= 4 is 5.91 Å². The number of rotatable bonds is 4. The minimum absolute atomic E-state index is 0.162. The normalized spacial score (nSPS) is 19.2. The Bertz CT molecular complexity index is 669. The third-order valence-electron chi connectivity index (χ3n) is 4.76. The van der Waals surface area contributed by atoms with Gasteiger partial charge in [0.2, 0.25) is 5.91 Å². The highest BCUT2D eigenvalue weighted by molar-refractivity contribution is 5.78. The molecule has 1 fully saturated rings. The van der Waals surface area contributed by atoms with E-state index in [1.54, 1.807) is 10.9 Å². The SMILES string of the molecule is CC1CCN(Cc2ccccc2)CCN1C(=O)Cc1cnnn1C. The van der Waals surface area contributed by atoms with Crippen molar-refractivity contribution in [2.24, 2.45) is 7.05 Å². The first-order chi connectivity index (χ1) is 11.6. The van der Waals surface area contributed by atoms with Crippen LogP contribution in [0.1, 0.15) is 24.6 Å². The Kier molecular flexibility index (Phi) is 5.25. The van der Waals surface area contributed by atoms with Gasteiger partial charge in [-0.25, -0.2) is 0 Å². The lowest BCUT2D eigenvalue weighted by Gasteiger charge is -2.26. The number of amides is 1. The van der Waals surface area contributed by atoms with Gasteiger partial charge in [0.05, 0.1) is 18.3 Å². The van der Waals surface area contributed by atoms with Crippen LogP contribution in [0.25, 0.3) is 0 Å². The van der Waals surface area contributed by atoms with Crippen molar-refractivity contribution in [3.05, 3.63) is 47.8 Å². The average molecular weight is 327 g/mol. The summed E-state index contributed by atoms with van der Waals surface area (Å²) >= 11 is 0. The molecule has 0 spiro atoms. The number of aromatic nitrogens is 3. The van der Waals surface area contributed by atoms with Gasteiger partial charge in [0.15, 0.2) is 0 Å². The van der Waals surface area contributed by atoms with Gasteiger partial charge >= 0.3 is 0 Å². The van der Waals surface area contributed by atoms with Crippen molar-refractivity contribution in [1.29, 1.82) is 0 Å². The van der Waals surface area contributed by atoms with Crippen LogP contribution in [0.3, 0.4) is 0 Å². The molecular weight excluding hydrogens is 302 g/mol. The minimum Gasteiger partial charge on any atom is -0.338 e. The summed E-state index contributed by atoms with van der Waals surface area (Å²) in [6.45, 7) is 5.80. The summed E-state index contributed by atoms with van der Waals surface area (Å²) in [6.07, 6.45) is 3.04. The maximum atomic E-state index is 12.7. The zero-order chi connectivity index (χ0) is 16.9. The summed E-state index contributed by atoms with van der Waals surface area (Å²) in [7, 11) is 1.82. The molecule has 1 amide bonds. The zero-order valence-corrected chi connectivity index (χ0v) is 14.4. The molecule has 1 aliphatic rings. The molecule has 0 saturated carbocycles. The molecule has 24 heavy (non-hydrogen) atoms. The monoisotopic (exact) mass is 327 g/mol. The first-order valence-corrected chi connectivity index (χ1v) is 8.53. The van der Waals surface area contributed by atoms with Gasteiger partial charge in [-0.2, -0.15) is 0 Å². The second-order valence-electron chi connectivity index (χ2n) is 6.51. The summed E-state index contributed by atoms with van der Waals surface area (Å²) in [6, 6.07) is 10.8. The van der Waals surface area contributed by atoms with Crippen molar-refractivity contribution in [2.75, 3.05) is 19.6 Å². The fourth-order valence-corrected chi connectivity index (χ4v) is 3.20. The predicted octanol–water partition coefficient (Wildman–Crippen LogP) is 1.48. The number of carbonyl (C=O) groups is 1. The van der Waals surface area contributed by atoms with E-state index in [2.05, 4.69) is 46.4 Å². The highest BCUT2D eigenvalue weighted by atomic mass is 16.2. The Morgan fingerprint density at radius 3 is 2.71 bits per heavy atom. The average Bonchev–Trinajstić information content (AvgIpc) is 2.88. The maximum absolute atomic E-state index is 12.7. The van der Waals surface area contributed by atoms with Gasteiger partial charge in [0.1, 0.15) is 0 Å². The molecule has 0 aliphatic carbocycles. The van der Waals surface area contributed by atoms with Gasteiger partial charge < -0.3 is 4.90 Å². The third kappa shape index (κ3) is 4.00. The first-order valence-electron chi connectivity index (χ1n) is 8.53. The first kappa shape index (κ1) is 16.6. The molecule has 0 radical (unpaired) electrons. The van der Waals surface area contributed by atoms with Gasteiger partial charge in [0.25, 0.3) is 0 Å². The van der Waals surface area contributed by atoms with E-state index >= 15 is 0 Å². The van der Waals surface area contributed by atoms with Crippen LogP contribution >= 0.6 is 0 Å². The van der Waals surface area contributed by atoms with Crippen LogP contribution in [0.5, 0.6) is 0 Å². The van der Waals surface area contributed by atoms with Crippen molar-refractivity contribution in [3.63, 3.8) is 0 Å². The van der Waals surface area contributed by atoms with Gasteiger partial charge in [-0.05, 0) is 18.9 Å². The number of carbonyl (C=O) groups excluding carboxylic acids is 1. The summed E-state index contributed by atoms with van der Waals surface area (Å²) in [4.78, 5) is 17.1. The molecule has 0 bridgehead atoms. The van der Waals surface area contributed by atoms with Crippen LogP contribution in [0, 0.1) is 0 Å². The predicted molar refractivity (Wildman–Crippen MR) is 92.2 cm³/mol. The highest BCUT2D eigenvalue weighted by Gasteiger charge is 2.25. The van der Waals surface area contributed by atoms with Crippen LogP contribution in [0.15, 0.2) is 36.5 Å². The molecule has 1 atom stereocenters. The van der Waals surface area contributed by atoms with Gasteiger partial charge in [0, 0.05) is 39.3 Å². The zero-order valence-electron chi connectivity index (χ0n) is 14.4. The van der Waals surface area contributed by atoms with E-state index in [4.69, 9.17) is 0 Å². The van der Waals surface area contributed by atoms with Crippen LogP contribution in [0.2, 0.25) is 0 Å². The van der Waals surface area contributed by atoms with E-state index in [9.17, 15) is 4.79 Å². The number of benzene rings is 1. The van der Waals surface area contributed by atoms with Gasteiger partial charge in [-0.3, -0.25) is 14.4 Å². The molecule has 3 rings (SSSR count). The van der Waals surface area contributed by atoms with Crippen LogP contribution in [0.4, 0.5) is 0 Å². The fraction of sp³-hybridized carbons (Fsp3) is 0.500. The Labute approximate surface area is 143 Å². The van der Waals surface area contributed by atoms with E-state index in [1.165, 1.54) is 5.56 Å². The smallest absolute Gasteiger partial charge is 0.228 e. The van der Waals surface area contributed by atoms with E-state index in [-0.39, 0.29) is 11.9 Å². The van der Waals surface area contributed by atoms with E-state index in [0.29, 0.717) is 6.42 Å². The Morgan fingerprint density at radius 1 is 1.21 bits per heavy atom. The lowest BCUT2D eigenvalue weighted by Crippen LogP contribution is -2.41. The molecular formula is C18H25N5O. The van der Waals surface area contributed by atoms with Gasteiger partial charge in [-0.15, -0.1) is 5.10 Å². The molecule has 2 aromatic rings. The van der Waals surface area contributed by atoms with Gasteiger partial charge in [-0.1, -0.05) is 35.5 Å². The topological polar surface area (TPSA) is 54.3 Å². The fourth-order valence-electron chi connectivity index (χ4n) is 3.20. The molecule has 6 heteroatoms. The second-order valence-corrected chi connectivity index (χ2v) is 6.51. The molecule has 1 aliphatic heterocycles. The molecule has 0 N–H and O–H groups in total. The molecule has 128 valence electrons. The van der Waals surface area contributed by atoms with Crippen LogP contribution in [-0.4, -0.2) is 56.4 Å². The number of hydrogen-bond donors (Lipinski definition) is 0. The summed E-state index contributed by atoms with van der Waals surface area (Å²) in [5, 5.41) is 7.75. The molecule has 6 nitrogen and oxygen atoms in total. The van der Waals surface area contributed by atoms with E-state index in [0.717, 1.165) is 38.3 Å². The number of nitrogens with zero attached hydrogens (tertiary/aromatic N) is 5. The van der Waals surface area contributed by atoms with Crippen molar-refractivity contribution in [3.8, 4) is 0 Å². The Morgan fingerprint density at radius 2 is 2.00 bits per heavy atom. The summed E-state index contributed by atoms with van der Waals surface area (Å²) in [5.74, 6) is 0.162. The lowest BCUT2D eigenvalue weighted by atomic mass is 10.1. The van der Waals surface area contributed by atoms with Crippen LogP contribution < -0.4 is 0 Å². The van der Waals surface area contributed by atoms with Crippen molar-refractivity contribution < 1.29 is 4.79 Å². The lowest BCUT2D eigenvalue weighted by molar-refractivity contribution is -0.132. The summed E-state index contributed by atoms with van der Waals surface area (Å²) < 4.78 is 1.67. The third-order valence-corrected chi connectivity index (χ3v) is 4.76. The van der Waals surface area contributed by atoms with E-state index in [1.807, 2.05) is 18.0 Å². The second kappa shape index (κ2) is 7.57. The van der Waals surface area contributed by atoms with Crippen molar-refractivity contribution in [2.45, 2.75) is 32.4 Å². The minimum atomic E-state index is 0.162. The summed E-state index contributed by atoms with van der Waals surface area (Å²) in [5.41, 5.74) is 2.18. The number of aryl methyl sites for hydroxylation is 1. The Balaban J connectivity index is 1.60. The maximum Gasteiger partial charge on any atom is 0.228 e. The molecule has 1 unspecified atom stereocenters.